The zero-order chi connectivity index (χ0) is 9.52. The van der Waals surface area contributed by atoms with E-state index in [1.165, 1.54) is 0 Å². The van der Waals surface area contributed by atoms with Crippen molar-refractivity contribution >= 4 is 5.91 Å². The zero-order valence-electron chi connectivity index (χ0n) is 7.00. The van der Waals surface area contributed by atoms with Crippen molar-refractivity contribution < 1.29 is 9.90 Å². The maximum absolute atomic E-state index is 11.2. The van der Waals surface area contributed by atoms with Gasteiger partial charge in [-0.25, -0.2) is 0 Å². The van der Waals surface area contributed by atoms with Crippen LogP contribution in [0.4, 0.5) is 0 Å². The Labute approximate surface area is 76.0 Å². The van der Waals surface area contributed by atoms with Crippen LogP contribution in [-0.2, 0) is 0 Å². The number of hydrogen-bond acceptors (Lipinski definition) is 2. The van der Waals surface area contributed by atoms with Crippen LogP contribution in [0.3, 0.4) is 0 Å². The third-order valence-electron chi connectivity index (χ3n) is 1.38. The first-order valence-electron chi connectivity index (χ1n) is 3.83. The van der Waals surface area contributed by atoms with Crippen molar-refractivity contribution in [2.24, 2.45) is 0 Å². The molecule has 0 bridgehead atoms. The van der Waals surface area contributed by atoms with Crippen molar-refractivity contribution in [3.05, 3.63) is 24.0 Å². The summed E-state index contributed by atoms with van der Waals surface area (Å²) in [5.41, 5.74) is 0.505. The molecule has 0 unspecified atom stereocenters. The van der Waals surface area contributed by atoms with Gasteiger partial charge in [0.1, 0.15) is 12.3 Å². The normalized spacial score (nSPS) is 8.69. The van der Waals surface area contributed by atoms with Crippen LogP contribution in [0.15, 0.2) is 18.3 Å². The molecule has 1 aromatic rings. The van der Waals surface area contributed by atoms with Crippen LogP contribution in [0.25, 0.3) is 0 Å². The van der Waals surface area contributed by atoms with Gasteiger partial charge in [0.15, 0.2) is 0 Å². The fourth-order valence-electron chi connectivity index (χ4n) is 0.810. The smallest absolute Gasteiger partial charge is 0.268 e. The molecule has 0 aromatic carbocycles. The second-order valence-electron chi connectivity index (χ2n) is 2.28. The van der Waals surface area contributed by atoms with Gasteiger partial charge in [0.25, 0.3) is 5.91 Å². The average Bonchev–Trinajstić information content (AvgIpc) is 2.65. The van der Waals surface area contributed by atoms with Gasteiger partial charge in [-0.15, -0.1) is 0 Å². The van der Waals surface area contributed by atoms with E-state index in [4.69, 9.17) is 5.11 Å². The molecule has 4 heteroatoms. The lowest BCUT2D eigenvalue weighted by Crippen LogP contribution is -2.23. The van der Waals surface area contributed by atoms with E-state index in [-0.39, 0.29) is 19.1 Å². The molecule has 3 N–H and O–H groups in total. The van der Waals surface area contributed by atoms with E-state index >= 15 is 0 Å². The Hall–Kier alpha value is -1.73. The van der Waals surface area contributed by atoms with Crippen molar-refractivity contribution in [3.63, 3.8) is 0 Å². The molecule has 4 nitrogen and oxygen atoms in total. The standard InChI is InChI=1S/C9H10N2O2/c12-7-2-1-5-11-9(13)8-4-3-6-10-8/h3-4,6,10,12H,5,7H2,(H,11,13). The summed E-state index contributed by atoms with van der Waals surface area (Å²) in [6, 6.07) is 3.42. The zero-order valence-corrected chi connectivity index (χ0v) is 7.00. The van der Waals surface area contributed by atoms with E-state index in [2.05, 4.69) is 22.1 Å². The van der Waals surface area contributed by atoms with Crippen molar-refractivity contribution in [2.45, 2.75) is 0 Å². The van der Waals surface area contributed by atoms with E-state index in [1.807, 2.05) is 0 Å². The maximum atomic E-state index is 11.2. The Balaban J connectivity index is 2.35. The highest BCUT2D eigenvalue weighted by atomic mass is 16.2. The summed E-state index contributed by atoms with van der Waals surface area (Å²) < 4.78 is 0. The number of aliphatic hydroxyl groups is 1. The molecule has 0 saturated heterocycles. The van der Waals surface area contributed by atoms with Crippen LogP contribution >= 0.6 is 0 Å². The first-order chi connectivity index (χ1) is 6.34. The number of aliphatic hydroxyl groups excluding tert-OH is 1. The van der Waals surface area contributed by atoms with Gasteiger partial charge in [-0.3, -0.25) is 4.79 Å². The van der Waals surface area contributed by atoms with Crippen molar-refractivity contribution in [2.75, 3.05) is 13.2 Å². The quantitative estimate of drug-likeness (QED) is 0.546. The SMILES string of the molecule is O=C(NCC#CCO)c1ccc[nH]1. The number of rotatable bonds is 2. The van der Waals surface area contributed by atoms with Gasteiger partial charge in [-0.2, -0.15) is 0 Å². The lowest BCUT2D eigenvalue weighted by atomic mass is 10.4. The number of aromatic amines is 1. The molecule has 1 amide bonds. The molecule has 0 radical (unpaired) electrons. The van der Waals surface area contributed by atoms with E-state index in [0.717, 1.165) is 0 Å². The van der Waals surface area contributed by atoms with Crippen LogP contribution in [0.1, 0.15) is 10.5 Å². The second kappa shape index (κ2) is 5.01. The lowest BCUT2D eigenvalue weighted by Gasteiger charge is -1.96. The molecule has 1 rings (SSSR count). The molecular formula is C9H10N2O2. The highest BCUT2D eigenvalue weighted by Gasteiger charge is 2.02. The first kappa shape index (κ1) is 9.36. The third-order valence-corrected chi connectivity index (χ3v) is 1.38. The Bertz CT molecular complexity index is 319. The minimum Gasteiger partial charge on any atom is -0.384 e. The van der Waals surface area contributed by atoms with Gasteiger partial charge >= 0.3 is 0 Å². The fraction of sp³-hybridized carbons (Fsp3) is 0.222. The monoisotopic (exact) mass is 178 g/mol. The van der Waals surface area contributed by atoms with E-state index < -0.39 is 0 Å². The summed E-state index contributed by atoms with van der Waals surface area (Å²) in [7, 11) is 0. The minimum atomic E-state index is -0.197. The third kappa shape index (κ3) is 3.01. The highest BCUT2D eigenvalue weighted by molar-refractivity contribution is 5.92. The predicted octanol–water partition coefficient (Wildman–Crippen LogP) is -0.260. The van der Waals surface area contributed by atoms with Crippen LogP contribution < -0.4 is 5.32 Å². The molecule has 1 aromatic heterocycles. The number of H-pyrrole nitrogens is 1. The van der Waals surface area contributed by atoms with Crippen molar-refractivity contribution in [1.82, 2.24) is 10.3 Å². The lowest BCUT2D eigenvalue weighted by molar-refractivity contribution is 0.0954. The fourth-order valence-corrected chi connectivity index (χ4v) is 0.810. The summed E-state index contributed by atoms with van der Waals surface area (Å²) in [6.07, 6.45) is 1.67. The molecule has 0 atom stereocenters. The van der Waals surface area contributed by atoms with Gasteiger partial charge in [-0.1, -0.05) is 11.8 Å². The summed E-state index contributed by atoms with van der Waals surface area (Å²) in [5, 5.41) is 10.9. The molecule has 0 spiro atoms. The molecule has 0 aliphatic rings. The Morgan fingerprint density at radius 3 is 3.08 bits per heavy atom. The van der Waals surface area contributed by atoms with Crippen LogP contribution in [0.2, 0.25) is 0 Å². The molecule has 0 aliphatic carbocycles. The summed E-state index contributed by atoms with van der Waals surface area (Å²) >= 11 is 0. The second-order valence-corrected chi connectivity index (χ2v) is 2.28. The summed E-state index contributed by atoms with van der Waals surface area (Å²) in [6.45, 7) is 0.0663. The largest absolute Gasteiger partial charge is 0.384 e. The summed E-state index contributed by atoms with van der Waals surface area (Å²) in [4.78, 5) is 14.0. The van der Waals surface area contributed by atoms with Crippen molar-refractivity contribution in [1.29, 1.82) is 0 Å². The van der Waals surface area contributed by atoms with Gasteiger partial charge in [0, 0.05) is 6.20 Å². The van der Waals surface area contributed by atoms with Gasteiger partial charge in [0.05, 0.1) is 6.54 Å². The number of amides is 1. The highest BCUT2D eigenvalue weighted by Crippen LogP contribution is 1.92. The van der Waals surface area contributed by atoms with Crippen LogP contribution in [-0.4, -0.2) is 29.1 Å². The van der Waals surface area contributed by atoms with E-state index in [0.29, 0.717) is 5.69 Å². The van der Waals surface area contributed by atoms with Crippen LogP contribution in [0.5, 0.6) is 0 Å². The molecular weight excluding hydrogens is 168 g/mol. The number of carbonyl (C=O) groups excluding carboxylic acids is 1. The molecule has 0 aliphatic heterocycles. The number of nitrogens with one attached hydrogen (secondary N) is 2. The minimum absolute atomic E-state index is 0.182. The van der Waals surface area contributed by atoms with Crippen LogP contribution in [0, 0.1) is 11.8 Å². The van der Waals surface area contributed by atoms with E-state index in [1.54, 1.807) is 18.3 Å². The van der Waals surface area contributed by atoms with E-state index in [9.17, 15) is 4.79 Å². The Morgan fingerprint density at radius 1 is 1.62 bits per heavy atom. The molecule has 1 heterocycles. The number of hydrogen-bond donors (Lipinski definition) is 3. The Morgan fingerprint density at radius 2 is 2.46 bits per heavy atom. The average molecular weight is 178 g/mol. The van der Waals surface area contributed by atoms with Gasteiger partial charge in [-0.05, 0) is 12.1 Å². The molecule has 0 fully saturated rings. The summed E-state index contributed by atoms with van der Waals surface area (Å²) in [5.74, 6) is 4.81. The number of carbonyl (C=O) groups is 1. The number of aromatic nitrogens is 1. The Kier molecular flexibility index (Phi) is 3.61. The predicted molar refractivity (Wildman–Crippen MR) is 48.0 cm³/mol. The maximum Gasteiger partial charge on any atom is 0.268 e. The molecule has 68 valence electrons. The van der Waals surface area contributed by atoms with Gasteiger partial charge < -0.3 is 15.4 Å². The van der Waals surface area contributed by atoms with Crippen molar-refractivity contribution in [3.8, 4) is 11.8 Å². The molecule has 0 saturated carbocycles. The van der Waals surface area contributed by atoms with Gasteiger partial charge in [0.2, 0.25) is 0 Å². The first-order valence-corrected chi connectivity index (χ1v) is 3.83. The topological polar surface area (TPSA) is 65.1 Å². The molecule has 13 heavy (non-hydrogen) atoms.